The topological polar surface area (TPSA) is 58.6 Å². The van der Waals surface area contributed by atoms with E-state index in [1.54, 1.807) is 0 Å². The summed E-state index contributed by atoms with van der Waals surface area (Å²) in [5.74, 6) is -0.801. The van der Waals surface area contributed by atoms with Gasteiger partial charge < -0.3 is 15.2 Å². The summed E-state index contributed by atoms with van der Waals surface area (Å²) >= 11 is 0. The van der Waals surface area contributed by atoms with Gasteiger partial charge in [-0.3, -0.25) is 4.79 Å². The number of aliphatic carboxylic acids is 1. The van der Waals surface area contributed by atoms with Crippen molar-refractivity contribution in [3.05, 3.63) is 71.3 Å². The van der Waals surface area contributed by atoms with Gasteiger partial charge in [0.25, 0.3) is 0 Å². The number of carbonyl (C=O) groups is 1. The Morgan fingerprint density at radius 1 is 0.923 bits per heavy atom. The van der Waals surface area contributed by atoms with Gasteiger partial charge in [0.15, 0.2) is 0 Å². The Morgan fingerprint density at radius 3 is 2.31 bits per heavy atom. The molecule has 1 saturated carbocycles. The molecule has 1 aliphatic carbocycles. The van der Waals surface area contributed by atoms with Crippen LogP contribution in [0.4, 0.5) is 0 Å². The van der Waals surface area contributed by atoms with E-state index in [4.69, 9.17) is 9.84 Å². The first kappa shape index (κ1) is 18.6. The molecule has 138 valence electrons. The maximum Gasteiger partial charge on any atom is 0.306 e. The average molecular weight is 353 g/mol. The van der Waals surface area contributed by atoms with Crippen LogP contribution in [0.1, 0.15) is 42.4 Å². The van der Waals surface area contributed by atoms with Crippen LogP contribution < -0.4 is 5.32 Å². The third kappa shape index (κ3) is 5.68. The van der Waals surface area contributed by atoms with Gasteiger partial charge >= 0.3 is 5.97 Å². The zero-order chi connectivity index (χ0) is 18.2. The van der Waals surface area contributed by atoms with Crippen molar-refractivity contribution in [2.75, 3.05) is 0 Å². The zero-order valence-corrected chi connectivity index (χ0v) is 15.1. The quantitative estimate of drug-likeness (QED) is 0.749. The highest BCUT2D eigenvalue weighted by molar-refractivity contribution is 5.70. The van der Waals surface area contributed by atoms with E-state index in [-0.39, 0.29) is 5.92 Å². The van der Waals surface area contributed by atoms with Gasteiger partial charge in [-0.2, -0.15) is 0 Å². The molecule has 3 rings (SSSR count). The SMILES string of the molecule is O=C(O)C1CCC(NCc2cccc(COCc3ccccc3)c2)CC1. The van der Waals surface area contributed by atoms with E-state index in [2.05, 4.69) is 41.7 Å². The van der Waals surface area contributed by atoms with Gasteiger partial charge in [-0.15, -0.1) is 0 Å². The third-order valence-corrected chi connectivity index (χ3v) is 5.04. The number of hydrogen-bond acceptors (Lipinski definition) is 3. The fourth-order valence-corrected chi connectivity index (χ4v) is 3.50. The van der Waals surface area contributed by atoms with Crippen molar-refractivity contribution in [1.82, 2.24) is 5.32 Å². The van der Waals surface area contributed by atoms with Crippen molar-refractivity contribution >= 4 is 5.97 Å². The Kier molecular flexibility index (Phi) is 6.81. The minimum Gasteiger partial charge on any atom is -0.481 e. The van der Waals surface area contributed by atoms with Crippen LogP contribution in [-0.4, -0.2) is 17.1 Å². The molecular formula is C22H27NO3. The Labute approximate surface area is 155 Å². The molecule has 0 radical (unpaired) electrons. The summed E-state index contributed by atoms with van der Waals surface area (Å²) < 4.78 is 5.81. The molecule has 0 unspecified atom stereocenters. The maximum atomic E-state index is 11.0. The highest BCUT2D eigenvalue weighted by atomic mass is 16.5. The van der Waals surface area contributed by atoms with Gasteiger partial charge in [0, 0.05) is 12.6 Å². The van der Waals surface area contributed by atoms with Crippen LogP contribution in [0, 0.1) is 5.92 Å². The maximum absolute atomic E-state index is 11.0. The first-order chi connectivity index (χ1) is 12.7. The van der Waals surface area contributed by atoms with Crippen molar-refractivity contribution in [2.24, 2.45) is 5.92 Å². The molecule has 0 spiro atoms. The van der Waals surface area contributed by atoms with Gasteiger partial charge in [0.1, 0.15) is 0 Å². The van der Waals surface area contributed by atoms with Crippen molar-refractivity contribution in [3.63, 3.8) is 0 Å². The summed E-state index contributed by atoms with van der Waals surface area (Å²) in [5.41, 5.74) is 3.60. The van der Waals surface area contributed by atoms with Gasteiger partial charge in [0.2, 0.25) is 0 Å². The third-order valence-electron chi connectivity index (χ3n) is 5.04. The highest BCUT2D eigenvalue weighted by Gasteiger charge is 2.25. The van der Waals surface area contributed by atoms with E-state index in [0.717, 1.165) is 32.2 Å². The molecule has 2 N–H and O–H groups in total. The van der Waals surface area contributed by atoms with E-state index in [0.29, 0.717) is 19.3 Å². The fourth-order valence-electron chi connectivity index (χ4n) is 3.50. The number of benzene rings is 2. The molecule has 0 heterocycles. The second-order valence-electron chi connectivity index (χ2n) is 7.07. The molecule has 0 saturated heterocycles. The van der Waals surface area contributed by atoms with Crippen molar-refractivity contribution in [2.45, 2.75) is 51.5 Å². The summed E-state index contributed by atoms with van der Waals surface area (Å²) in [7, 11) is 0. The highest BCUT2D eigenvalue weighted by Crippen LogP contribution is 2.24. The van der Waals surface area contributed by atoms with Crippen molar-refractivity contribution < 1.29 is 14.6 Å². The second kappa shape index (κ2) is 9.51. The molecule has 0 bridgehead atoms. The summed E-state index contributed by atoms with van der Waals surface area (Å²) in [6.07, 6.45) is 3.44. The Bertz CT molecular complexity index is 694. The summed E-state index contributed by atoms with van der Waals surface area (Å²) in [5, 5.41) is 12.6. The standard InChI is InChI=1S/C22H27NO3/c24-22(25)20-9-11-21(12-10-20)23-14-18-7-4-8-19(13-18)16-26-15-17-5-2-1-3-6-17/h1-8,13,20-21,23H,9-12,14-16H2,(H,24,25). The van der Waals surface area contributed by atoms with E-state index in [1.807, 2.05) is 18.2 Å². The van der Waals surface area contributed by atoms with Crippen LogP contribution in [0.25, 0.3) is 0 Å². The predicted octanol–water partition coefficient (Wildman–Crippen LogP) is 4.14. The molecule has 2 aromatic rings. The molecule has 4 nitrogen and oxygen atoms in total. The van der Waals surface area contributed by atoms with E-state index < -0.39 is 5.97 Å². The summed E-state index contributed by atoms with van der Waals surface area (Å²) in [6.45, 7) is 2.04. The average Bonchev–Trinajstić information content (AvgIpc) is 2.68. The van der Waals surface area contributed by atoms with Gasteiger partial charge in [0.05, 0.1) is 19.1 Å². The van der Waals surface area contributed by atoms with Gasteiger partial charge in [-0.25, -0.2) is 0 Å². The van der Waals surface area contributed by atoms with E-state index >= 15 is 0 Å². The molecule has 26 heavy (non-hydrogen) atoms. The minimum atomic E-state index is -0.647. The van der Waals surface area contributed by atoms with Crippen LogP contribution in [0.15, 0.2) is 54.6 Å². The van der Waals surface area contributed by atoms with E-state index in [1.165, 1.54) is 16.7 Å². The molecular weight excluding hydrogens is 326 g/mol. The Balaban J connectivity index is 1.42. The normalized spacial score (nSPS) is 20.0. The summed E-state index contributed by atoms with van der Waals surface area (Å²) in [6, 6.07) is 19.1. The van der Waals surface area contributed by atoms with Crippen molar-refractivity contribution in [1.29, 1.82) is 0 Å². The van der Waals surface area contributed by atoms with E-state index in [9.17, 15) is 4.79 Å². The second-order valence-corrected chi connectivity index (χ2v) is 7.07. The largest absolute Gasteiger partial charge is 0.481 e. The van der Waals surface area contributed by atoms with Crippen molar-refractivity contribution in [3.8, 4) is 0 Å². The van der Waals surface area contributed by atoms with Crippen LogP contribution in [0.3, 0.4) is 0 Å². The van der Waals surface area contributed by atoms with Gasteiger partial charge in [-0.05, 0) is 42.4 Å². The lowest BCUT2D eigenvalue weighted by atomic mass is 9.86. The predicted molar refractivity (Wildman–Crippen MR) is 102 cm³/mol. The molecule has 1 aliphatic rings. The van der Waals surface area contributed by atoms with Gasteiger partial charge in [-0.1, -0.05) is 54.6 Å². The molecule has 1 fully saturated rings. The molecule has 0 atom stereocenters. The van der Waals surface area contributed by atoms with Crippen LogP contribution in [0.2, 0.25) is 0 Å². The number of carboxylic acids is 1. The smallest absolute Gasteiger partial charge is 0.306 e. The van der Waals surface area contributed by atoms with Crippen LogP contribution in [-0.2, 0) is 29.3 Å². The van der Waals surface area contributed by atoms with Crippen LogP contribution >= 0.6 is 0 Å². The number of rotatable bonds is 8. The summed E-state index contributed by atoms with van der Waals surface area (Å²) in [4.78, 5) is 11.0. The number of hydrogen-bond donors (Lipinski definition) is 2. The lowest BCUT2D eigenvalue weighted by molar-refractivity contribution is -0.142. The Morgan fingerprint density at radius 2 is 1.58 bits per heavy atom. The lowest BCUT2D eigenvalue weighted by Gasteiger charge is -2.27. The monoisotopic (exact) mass is 353 g/mol. The molecule has 2 aromatic carbocycles. The van der Waals surface area contributed by atoms with Crippen LogP contribution in [0.5, 0.6) is 0 Å². The Hall–Kier alpha value is -2.17. The number of ether oxygens (including phenoxy) is 1. The molecule has 0 amide bonds. The first-order valence-corrected chi connectivity index (χ1v) is 9.36. The molecule has 0 aromatic heterocycles. The zero-order valence-electron chi connectivity index (χ0n) is 15.1. The number of carboxylic acid groups (broad SMARTS) is 1. The molecule has 4 heteroatoms. The first-order valence-electron chi connectivity index (χ1n) is 9.36. The molecule has 0 aliphatic heterocycles. The minimum absolute atomic E-state index is 0.154. The number of nitrogens with one attached hydrogen (secondary N) is 1. The lowest BCUT2D eigenvalue weighted by Crippen LogP contribution is -2.34. The fraction of sp³-hybridized carbons (Fsp3) is 0.409.